The van der Waals surface area contributed by atoms with Gasteiger partial charge >= 0.3 is 0 Å². The van der Waals surface area contributed by atoms with Crippen LogP contribution in [0.4, 0.5) is 0 Å². The van der Waals surface area contributed by atoms with Crippen LogP contribution in [0.1, 0.15) is 29.6 Å². The molecule has 0 saturated carbocycles. The molecule has 0 saturated heterocycles. The Morgan fingerprint density at radius 3 is 2.49 bits per heavy atom. The van der Waals surface area contributed by atoms with Crippen molar-refractivity contribution >= 4 is 40.5 Å². The number of carbonyl (C=O) groups excluding carboxylic acids is 3. The van der Waals surface area contributed by atoms with Crippen molar-refractivity contribution in [2.45, 2.75) is 19.3 Å². The minimum atomic E-state index is -0.779. The van der Waals surface area contributed by atoms with Gasteiger partial charge in [0.1, 0.15) is 6.29 Å². The van der Waals surface area contributed by atoms with E-state index in [2.05, 4.69) is 18.5 Å². The van der Waals surface area contributed by atoms with Crippen LogP contribution in [0.5, 0.6) is 0 Å². The van der Waals surface area contributed by atoms with E-state index in [-0.39, 0.29) is 11.7 Å². The SMILES string of the molecule is C=C/C=C(\C=C)C(=O)NCCCCC(C=O)C(=O)c1cc(-c2ccc(Cl)cc2)nc2ccccc12. The third-order valence-electron chi connectivity index (χ3n) is 5.63. The fraction of sp³-hybridized carbons (Fsp3) is 0.172. The summed E-state index contributed by atoms with van der Waals surface area (Å²) in [4.78, 5) is 42.1. The van der Waals surface area contributed by atoms with Crippen LogP contribution in [0.2, 0.25) is 5.02 Å². The summed E-state index contributed by atoms with van der Waals surface area (Å²) >= 11 is 6.01. The smallest absolute Gasteiger partial charge is 0.251 e. The lowest BCUT2D eigenvalue weighted by atomic mass is 9.91. The number of benzene rings is 2. The van der Waals surface area contributed by atoms with Gasteiger partial charge in [-0.1, -0.05) is 79.7 Å². The van der Waals surface area contributed by atoms with Crippen molar-refractivity contribution < 1.29 is 14.4 Å². The van der Waals surface area contributed by atoms with Crippen molar-refractivity contribution in [2.24, 2.45) is 5.92 Å². The number of halogens is 1. The first-order valence-electron chi connectivity index (χ1n) is 11.4. The Hall–Kier alpha value is -3.83. The van der Waals surface area contributed by atoms with E-state index in [0.717, 1.165) is 5.56 Å². The lowest BCUT2D eigenvalue weighted by Crippen LogP contribution is -2.25. The number of hydrogen-bond acceptors (Lipinski definition) is 4. The number of hydrogen-bond donors (Lipinski definition) is 1. The average Bonchev–Trinajstić information content (AvgIpc) is 2.88. The van der Waals surface area contributed by atoms with Gasteiger partial charge in [-0.2, -0.15) is 0 Å². The number of amides is 1. The van der Waals surface area contributed by atoms with E-state index in [9.17, 15) is 14.4 Å². The molecule has 1 aromatic heterocycles. The number of nitrogens with one attached hydrogen (secondary N) is 1. The van der Waals surface area contributed by atoms with E-state index in [1.54, 1.807) is 24.3 Å². The molecule has 0 aliphatic heterocycles. The highest BCUT2D eigenvalue weighted by molar-refractivity contribution is 6.30. The summed E-state index contributed by atoms with van der Waals surface area (Å²) in [7, 11) is 0. The zero-order chi connectivity index (χ0) is 25.2. The van der Waals surface area contributed by atoms with Crippen LogP contribution in [0.25, 0.3) is 22.2 Å². The third kappa shape index (κ3) is 6.61. The first kappa shape index (κ1) is 25.8. The number of aldehydes is 1. The number of carbonyl (C=O) groups is 3. The highest BCUT2D eigenvalue weighted by atomic mass is 35.5. The molecule has 5 nitrogen and oxygen atoms in total. The van der Waals surface area contributed by atoms with Crippen molar-refractivity contribution in [1.82, 2.24) is 10.3 Å². The Bertz CT molecular complexity index is 1280. The van der Waals surface area contributed by atoms with Gasteiger partial charge in [0, 0.05) is 33.7 Å². The monoisotopic (exact) mass is 486 g/mol. The number of unbranched alkanes of at least 4 members (excludes halogenated alkanes) is 1. The largest absolute Gasteiger partial charge is 0.352 e. The van der Waals surface area contributed by atoms with Gasteiger partial charge in [0.2, 0.25) is 0 Å². The van der Waals surface area contributed by atoms with Crippen molar-refractivity contribution in [3.8, 4) is 11.3 Å². The molecule has 35 heavy (non-hydrogen) atoms. The molecule has 178 valence electrons. The van der Waals surface area contributed by atoms with Crippen molar-refractivity contribution in [3.05, 3.63) is 102 Å². The molecule has 1 unspecified atom stereocenters. The van der Waals surface area contributed by atoms with Crippen LogP contribution in [0.3, 0.4) is 0 Å². The van der Waals surface area contributed by atoms with Crippen molar-refractivity contribution in [3.63, 3.8) is 0 Å². The van der Waals surface area contributed by atoms with Crippen LogP contribution in [0, 0.1) is 5.92 Å². The molecule has 3 rings (SSSR count). The summed E-state index contributed by atoms with van der Waals surface area (Å²) < 4.78 is 0. The molecule has 2 aromatic carbocycles. The molecule has 1 atom stereocenters. The molecular formula is C29H27ClN2O3. The fourth-order valence-corrected chi connectivity index (χ4v) is 3.89. The van der Waals surface area contributed by atoms with Crippen LogP contribution < -0.4 is 5.32 Å². The number of pyridine rings is 1. The maximum Gasteiger partial charge on any atom is 0.251 e. The van der Waals surface area contributed by atoms with Gasteiger partial charge < -0.3 is 10.1 Å². The average molecular weight is 487 g/mol. The molecule has 0 spiro atoms. The number of fused-ring (bicyclic) bond motifs is 1. The van der Waals surface area contributed by atoms with Gasteiger partial charge in [0.15, 0.2) is 5.78 Å². The molecule has 0 aliphatic carbocycles. The van der Waals surface area contributed by atoms with Crippen LogP contribution in [-0.4, -0.2) is 29.5 Å². The van der Waals surface area contributed by atoms with Gasteiger partial charge in [-0.3, -0.25) is 9.59 Å². The van der Waals surface area contributed by atoms with E-state index in [1.807, 2.05) is 36.4 Å². The molecule has 0 aliphatic rings. The van der Waals surface area contributed by atoms with E-state index in [1.165, 1.54) is 12.2 Å². The molecule has 0 fully saturated rings. The van der Waals surface area contributed by atoms with E-state index in [4.69, 9.17) is 16.6 Å². The molecule has 3 aromatic rings. The lowest BCUT2D eigenvalue weighted by molar-refractivity contribution is -0.117. The Morgan fingerprint density at radius 1 is 1.06 bits per heavy atom. The van der Waals surface area contributed by atoms with E-state index in [0.29, 0.717) is 64.8 Å². The van der Waals surface area contributed by atoms with Gasteiger partial charge in [-0.25, -0.2) is 4.98 Å². The Labute approximate surface area is 210 Å². The summed E-state index contributed by atoms with van der Waals surface area (Å²) in [5.41, 5.74) is 3.05. The predicted octanol–water partition coefficient (Wildman–Crippen LogP) is 6.14. The third-order valence-corrected chi connectivity index (χ3v) is 5.88. The minimum Gasteiger partial charge on any atom is -0.352 e. The van der Waals surface area contributed by atoms with E-state index < -0.39 is 5.92 Å². The van der Waals surface area contributed by atoms with Gasteiger partial charge in [0.25, 0.3) is 5.91 Å². The number of nitrogens with zero attached hydrogens (tertiary/aromatic N) is 1. The zero-order valence-corrected chi connectivity index (χ0v) is 20.1. The number of ketones is 1. The quantitative estimate of drug-likeness (QED) is 0.0833. The highest BCUT2D eigenvalue weighted by Gasteiger charge is 2.22. The highest BCUT2D eigenvalue weighted by Crippen LogP contribution is 2.28. The van der Waals surface area contributed by atoms with Gasteiger partial charge in [-0.15, -0.1) is 0 Å². The van der Waals surface area contributed by atoms with Crippen LogP contribution in [0.15, 0.2) is 91.6 Å². The summed E-state index contributed by atoms with van der Waals surface area (Å²) in [6.45, 7) is 7.62. The molecular weight excluding hydrogens is 460 g/mol. The molecule has 1 amide bonds. The standard InChI is InChI=1S/C29H27ClN2O3/c1-3-9-20(4-2)29(35)31-17-8-7-10-22(19-33)28(34)25-18-27(21-13-15-23(30)16-14-21)32-26-12-6-5-11-24(25)26/h3-6,9,11-16,18-19,22H,1-2,7-8,10,17H2,(H,31,35)/b20-9+. The maximum absolute atomic E-state index is 13.4. The second-order valence-corrected chi connectivity index (χ2v) is 8.44. The normalized spacial score (nSPS) is 12.1. The van der Waals surface area contributed by atoms with E-state index >= 15 is 0 Å². The number of para-hydroxylation sites is 1. The first-order valence-corrected chi connectivity index (χ1v) is 11.7. The molecule has 1 heterocycles. The van der Waals surface area contributed by atoms with Crippen molar-refractivity contribution in [1.29, 1.82) is 0 Å². The first-order chi connectivity index (χ1) is 17.0. The Balaban J connectivity index is 1.73. The molecule has 0 bridgehead atoms. The summed E-state index contributed by atoms with van der Waals surface area (Å²) in [5, 5.41) is 4.13. The Kier molecular flexibility index (Phi) is 9.27. The second kappa shape index (κ2) is 12.6. The topological polar surface area (TPSA) is 76.1 Å². The number of Topliss-reactive ketones (excluding diaryl/α,β-unsaturated/α-hetero) is 1. The summed E-state index contributed by atoms with van der Waals surface area (Å²) in [6.07, 6.45) is 6.92. The van der Waals surface area contributed by atoms with Crippen LogP contribution in [-0.2, 0) is 9.59 Å². The Morgan fingerprint density at radius 2 is 1.80 bits per heavy atom. The second-order valence-electron chi connectivity index (χ2n) is 8.00. The number of rotatable bonds is 12. The summed E-state index contributed by atoms with van der Waals surface area (Å²) in [5.74, 6) is -1.25. The van der Waals surface area contributed by atoms with Gasteiger partial charge in [-0.05, 0) is 37.1 Å². The minimum absolute atomic E-state index is 0.235. The lowest BCUT2D eigenvalue weighted by Gasteiger charge is -2.13. The number of allylic oxidation sites excluding steroid dienone is 2. The zero-order valence-electron chi connectivity index (χ0n) is 19.4. The molecule has 1 N–H and O–H groups in total. The van der Waals surface area contributed by atoms with Crippen molar-refractivity contribution in [2.75, 3.05) is 6.54 Å². The fourth-order valence-electron chi connectivity index (χ4n) is 3.77. The summed E-state index contributed by atoms with van der Waals surface area (Å²) in [6, 6.07) is 16.4. The predicted molar refractivity (Wildman–Crippen MR) is 141 cm³/mol. The number of aromatic nitrogens is 1. The molecule has 6 heteroatoms. The van der Waals surface area contributed by atoms with Crippen LogP contribution >= 0.6 is 11.6 Å². The molecule has 0 radical (unpaired) electrons. The maximum atomic E-state index is 13.4. The van der Waals surface area contributed by atoms with Gasteiger partial charge in [0.05, 0.1) is 17.1 Å².